The number of hydrogen-bond donors (Lipinski definition) is 1. The van der Waals surface area contributed by atoms with E-state index in [1.54, 1.807) is 27.7 Å². The Kier molecular flexibility index (Phi) is 5.45. The number of nitrogens with one attached hydrogen (secondary N) is 1. The van der Waals surface area contributed by atoms with E-state index in [0.717, 1.165) is 6.26 Å². The summed E-state index contributed by atoms with van der Waals surface area (Å²) in [6.45, 7) is 6.44. The molecule has 1 fully saturated rings. The summed E-state index contributed by atoms with van der Waals surface area (Å²) in [7, 11) is -3.85. The molecule has 0 bridgehead atoms. The highest BCUT2D eigenvalue weighted by atomic mass is 32.2. The van der Waals surface area contributed by atoms with E-state index in [4.69, 9.17) is 9.47 Å². The number of esters is 1. The Bertz CT molecular complexity index is 531. The summed E-state index contributed by atoms with van der Waals surface area (Å²) in [5.74, 6) is -0.549. The standard InChI is InChI=1S/C13H23NO7S/c1-12(2,3)20-11(16)14-8-9(21-22(5,17)18)19-10(15)13(4)6-7-13/h9H,6-8H2,1-5H3,(H,14,16)/t9-/m0/s1. The minimum atomic E-state index is -3.85. The van der Waals surface area contributed by atoms with E-state index in [1.165, 1.54) is 0 Å². The molecule has 1 N–H and O–H groups in total. The molecular weight excluding hydrogens is 314 g/mol. The first-order valence-electron chi connectivity index (χ1n) is 6.87. The maximum absolute atomic E-state index is 11.9. The molecule has 1 atom stereocenters. The third-order valence-electron chi connectivity index (χ3n) is 2.83. The Morgan fingerprint density at radius 1 is 1.27 bits per heavy atom. The highest BCUT2D eigenvalue weighted by molar-refractivity contribution is 7.86. The van der Waals surface area contributed by atoms with Crippen molar-refractivity contribution < 1.29 is 31.7 Å². The first-order valence-corrected chi connectivity index (χ1v) is 8.69. The van der Waals surface area contributed by atoms with Crippen molar-refractivity contribution in [2.45, 2.75) is 52.4 Å². The van der Waals surface area contributed by atoms with Gasteiger partial charge in [0.05, 0.1) is 18.2 Å². The van der Waals surface area contributed by atoms with Crippen molar-refractivity contribution in [3.63, 3.8) is 0 Å². The summed E-state index contributed by atoms with van der Waals surface area (Å²) in [4.78, 5) is 23.4. The summed E-state index contributed by atoms with van der Waals surface area (Å²) < 4.78 is 37.1. The lowest BCUT2D eigenvalue weighted by Crippen LogP contribution is -2.41. The van der Waals surface area contributed by atoms with E-state index in [9.17, 15) is 18.0 Å². The summed E-state index contributed by atoms with van der Waals surface area (Å²) in [5.41, 5.74) is -1.29. The van der Waals surface area contributed by atoms with Crippen LogP contribution in [0.3, 0.4) is 0 Å². The van der Waals surface area contributed by atoms with Crippen LogP contribution in [0.25, 0.3) is 0 Å². The van der Waals surface area contributed by atoms with E-state index in [1.807, 2.05) is 0 Å². The zero-order chi connectivity index (χ0) is 17.2. The van der Waals surface area contributed by atoms with Gasteiger partial charge in [0, 0.05) is 0 Å². The largest absolute Gasteiger partial charge is 0.444 e. The van der Waals surface area contributed by atoms with Gasteiger partial charge in [-0.1, -0.05) is 0 Å². The molecule has 0 spiro atoms. The van der Waals surface area contributed by atoms with Crippen LogP contribution >= 0.6 is 0 Å². The lowest BCUT2D eigenvalue weighted by molar-refractivity contribution is -0.168. The van der Waals surface area contributed by atoms with Crippen molar-refractivity contribution in [1.82, 2.24) is 5.32 Å². The van der Waals surface area contributed by atoms with Gasteiger partial charge in [0.25, 0.3) is 10.1 Å². The van der Waals surface area contributed by atoms with Gasteiger partial charge in [0.15, 0.2) is 0 Å². The predicted octanol–water partition coefficient (Wildman–Crippen LogP) is 1.16. The van der Waals surface area contributed by atoms with Gasteiger partial charge in [-0.25, -0.2) is 8.98 Å². The number of carbonyl (C=O) groups excluding carboxylic acids is 2. The van der Waals surface area contributed by atoms with Crippen LogP contribution in [-0.4, -0.2) is 45.2 Å². The molecule has 0 unspecified atom stereocenters. The van der Waals surface area contributed by atoms with Gasteiger partial charge >= 0.3 is 12.1 Å². The number of carbonyl (C=O) groups is 2. The van der Waals surface area contributed by atoms with Gasteiger partial charge in [0.2, 0.25) is 6.29 Å². The molecule has 1 rings (SSSR count). The van der Waals surface area contributed by atoms with E-state index in [2.05, 4.69) is 9.50 Å². The second-order valence-corrected chi connectivity index (χ2v) is 8.18. The SMILES string of the molecule is CC(C)(C)OC(=O)NC[C@@H](OC(=O)C1(C)CC1)OS(C)(=O)=O. The van der Waals surface area contributed by atoms with Gasteiger partial charge in [0.1, 0.15) is 5.60 Å². The molecule has 128 valence electrons. The first-order chi connectivity index (χ1) is 9.81. The summed E-state index contributed by atoms with van der Waals surface area (Å²) in [6, 6.07) is 0. The number of ether oxygens (including phenoxy) is 2. The molecule has 1 amide bonds. The lowest BCUT2D eigenvalue weighted by atomic mass is 10.1. The molecule has 1 aliphatic rings. The minimum Gasteiger partial charge on any atom is -0.444 e. The third-order valence-corrected chi connectivity index (χ3v) is 3.39. The second-order valence-electron chi connectivity index (χ2n) is 6.58. The summed E-state index contributed by atoms with van der Waals surface area (Å²) in [6.07, 6.45) is 0.00398. The Labute approximate surface area is 130 Å². The van der Waals surface area contributed by atoms with Crippen molar-refractivity contribution in [3.8, 4) is 0 Å². The monoisotopic (exact) mass is 337 g/mol. The molecule has 0 aromatic heterocycles. The Morgan fingerprint density at radius 3 is 2.23 bits per heavy atom. The van der Waals surface area contributed by atoms with Gasteiger partial charge in [-0.15, -0.1) is 0 Å². The highest BCUT2D eigenvalue weighted by Crippen LogP contribution is 2.46. The van der Waals surface area contributed by atoms with Gasteiger partial charge in [-0.05, 0) is 40.5 Å². The zero-order valence-corrected chi connectivity index (χ0v) is 14.3. The highest BCUT2D eigenvalue weighted by Gasteiger charge is 2.47. The van der Waals surface area contributed by atoms with Crippen molar-refractivity contribution in [2.24, 2.45) is 5.41 Å². The molecular formula is C13H23NO7S. The van der Waals surface area contributed by atoms with Gasteiger partial charge in [-0.3, -0.25) is 4.79 Å². The Morgan fingerprint density at radius 2 is 1.82 bits per heavy atom. The van der Waals surface area contributed by atoms with E-state index in [0.29, 0.717) is 12.8 Å². The van der Waals surface area contributed by atoms with E-state index in [-0.39, 0.29) is 6.54 Å². The molecule has 0 saturated heterocycles. The number of hydrogen-bond acceptors (Lipinski definition) is 7. The van der Waals surface area contributed by atoms with Crippen LogP contribution in [0.5, 0.6) is 0 Å². The van der Waals surface area contributed by atoms with Crippen molar-refractivity contribution in [2.75, 3.05) is 12.8 Å². The molecule has 0 aromatic carbocycles. The van der Waals surface area contributed by atoms with Crippen LogP contribution in [-0.2, 0) is 28.6 Å². The average Bonchev–Trinajstić information content (AvgIpc) is 3.01. The molecule has 0 heterocycles. The van der Waals surface area contributed by atoms with E-state index < -0.39 is 39.5 Å². The van der Waals surface area contributed by atoms with Gasteiger partial charge < -0.3 is 14.8 Å². The first kappa shape index (κ1) is 18.7. The van der Waals surface area contributed by atoms with Crippen LogP contribution in [0.4, 0.5) is 4.79 Å². The van der Waals surface area contributed by atoms with Crippen LogP contribution < -0.4 is 5.32 Å². The number of amides is 1. The fraction of sp³-hybridized carbons (Fsp3) is 0.846. The predicted molar refractivity (Wildman–Crippen MR) is 77.4 cm³/mol. The molecule has 1 aliphatic carbocycles. The van der Waals surface area contributed by atoms with Crippen molar-refractivity contribution in [1.29, 1.82) is 0 Å². The maximum atomic E-state index is 11.9. The third kappa shape index (κ3) is 7.08. The number of alkyl carbamates (subject to hydrolysis) is 1. The minimum absolute atomic E-state index is 0.330. The molecule has 0 aromatic rings. The van der Waals surface area contributed by atoms with Crippen LogP contribution in [0, 0.1) is 5.41 Å². The number of rotatable bonds is 6. The van der Waals surface area contributed by atoms with Crippen molar-refractivity contribution >= 4 is 22.2 Å². The summed E-state index contributed by atoms with van der Waals surface area (Å²) in [5, 5.41) is 2.31. The van der Waals surface area contributed by atoms with E-state index >= 15 is 0 Å². The van der Waals surface area contributed by atoms with Crippen molar-refractivity contribution in [3.05, 3.63) is 0 Å². The zero-order valence-electron chi connectivity index (χ0n) is 13.5. The summed E-state index contributed by atoms with van der Waals surface area (Å²) >= 11 is 0. The molecule has 0 radical (unpaired) electrons. The molecule has 1 saturated carbocycles. The molecule has 0 aliphatic heterocycles. The molecule has 22 heavy (non-hydrogen) atoms. The fourth-order valence-electron chi connectivity index (χ4n) is 1.42. The van der Waals surface area contributed by atoms with Crippen LogP contribution in [0.1, 0.15) is 40.5 Å². The van der Waals surface area contributed by atoms with Gasteiger partial charge in [-0.2, -0.15) is 8.42 Å². The smallest absolute Gasteiger partial charge is 0.407 e. The normalized spacial score (nSPS) is 18.2. The Hall–Kier alpha value is -1.35. The molecule has 8 nitrogen and oxygen atoms in total. The second kappa shape index (κ2) is 6.41. The topological polar surface area (TPSA) is 108 Å². The fourth-order valence-corrected chi connectivity index (χ4v) is 1.92. The lowest BCUT2D eigenvalue weighted by Gasteiger charge is -2.22. The maximum Gasteiger partial charge on any atom is 0.407 e. The quantitative estimate of drug-likeness (QED) is 0.440. The van der Waals surface area contributed by atoms with Crippen LogP contribution in [0.15, 0.2) is 0 Å². The Balaban J connectivity index is 2.58. The molecule has 9 heteroatoms. The van der Waals surface area contributed by atoms with Crippen LogP contribution in [0.2, 0.25) is 0 Å². The average molecular weight is 337 g/mol.